The van der Waals surface area contributed by atoms with Crippen LogP contribution in [-0.2, 0) is 0 Å². The Kier molecular flexibility index (Phi) is 2.73. The molecule has 6 nitrogen and oxygen atoms in total. The first-order valence-electron chi connectivity index (χ1n) is 4.49. The molecule has 6 heteroatoms. The topological polar surface area (TPSA) is 80.4 Å². The third-order valence-electron chi connectivity index (χ3n) is 1.97. The van der Waals surface area contributed by atoms with E-state index >= 15 is 0 Å². The Balaban J connectivity index is 2.35. The summed E-state index contributed by atoms with van der Waals surface area (Å²) in [6.45, 7) is 0. The van der Waals surface area contributed by atoms with Crippen molar-refractivity contribution in [2.75, 3.05) is 0 Å². The molecule has 0 aliphatic heterocycles. The summed E-state index contributed by atoms with van der Waals surface area (Å²) in [6, 6.07) is 8.50. The molecule has 0 aliphatic rings. The van der Waals surface area contributed by atoms with Gasteiger partial charge in [0.25, 0.3) is 0 Å². The molecule has 0 amide bonds. The van der Waals surface area contributed by atoms with Gasteiger partial charge < -0.3 is 5.21 Å². The number of oxime groups is 1. The van der Waals surface area contributed by atoms with Crippen molar-refractivity contribution in [3.05, 3.63) is 48.5 Å². The summed E-state index contributed by atoms with van der Waals surface area (Å²) in [7, 11) is 0. The molecule has 0 radical (unpaired) electrons. The predicted molar refractivity (Wildman–Crippen MR) is 55.4 cm³/mol. The van der Waals surface area contributed by atoms with Crippen molar-refractivity contribution in [3.63, 3.8) is 0 Å². The lowest BCUT2D eigenvalue weighted by Gasteiger charge is -2.02. The number of carbonyl (C=O) groups excluding carboxylic acids is 1. The monoisotopic (exact) mass is 216 g/mol. The first kappa shape index (κ1) is 10.0. The van der Waals surface area contributed by atoms with Crippen molar-refractivity contribution >= 4 is 11.6 Å². The molecule has 0 fully saturated rings. The minimum atomic E-state index is -0.423. The molecule has 0 aliphatic carbocycles. The van der Waals surface area contributed by atoms with Crippen LogP contribution in [0, 0.1) is 0 Å². The molecule has 1 N–H and O–H groups in total. The van der Waals surface area contributed by atoms with Crippen LogP contribution >= 0.6 is 0 Å². The first-order valence-corrected chi connectivity index (χ1v) is 4.49. The molecule has 16 heavy (non-hydrogen) atoms. The summed E-state index contributed by atoms with van der Waals surface area (Å²) < 4.78 is 1.11. The Morgan fingerprint density at radius 3 is 2.62 bits per heavy atom. The summed E-state index contributed by atoms with van der Waals surface area (Å²) in [5, 5.41) is 15.5. The number of benzene rings is 1. The molecular weight excluding hydrogens is 208 g/mol. The summed E-state index contributed by atoms with van der Waals surface area (Å²) in [5.41, 5.74) is 0.422. The van der Waals surface area contributed by atoms with Gasteiger partial charge in [0.1, 0.15) is 12.7 Å². The molecule has 0 unspecified atom stereocenters. The highest BCUT2D eigenvalue weighted by Crippen LogP contribution is 2.02. The molecule has 0 bridgehead atoms. The minimum absolute atomic E-state index is 0.191. The van der Waals surface area contributed by atoms with Crippen LogP contribution in [0.4, 0.5) is 0 Å². The van der Waals surface area contributed by atoms with Crippen molar-refractivity contribution in [2.45, 2.75) is 0 Å². The summed E-state index contributed by atoms with van der Waals surface area (Å²) in [4.78, 5) is 15.6. The Bertz CT molecular complexity index is 505. The highest BCUT2D eigenvalue weighted by molar-refractivity contribution is 6.45. The number of nitrogens with zero attached hydrogens (tertiary/aromatic N) is 4. The van der Waals surface area contributed by atoms with Gasteiger partial charge in [-0.2, -0.15) is 9.78 Å². The van der Waals surface area contributed by atoms with E-state index in [-0.39, 0.29) is 5.84 Å². The van der Waals surface area contributed by atoms with Crippen LogP contribution in [0.1, 0.15) is 10.4 Å². The van der Waals surface area contributed by atoms with Crippen LogP contribution in [0.5, 0.6) is 0 Å². The van der Waals surface area contributed by atoms with Gasteiger partial charge >= 0.3 is 0 Å². The second-order valence-corrected chi connectivity index (χ2v) is 2.96. The van der Waals surface area contributed by atoms with Crippen LogP contribution in [0.15, 0.2) is 48.1 Å². The molecule has 0 spiro atoms. The van der Waals surface area contributed by atoms with Gasteiger partial charge in [-0.05, 0) is 0 Å². The maximum absolute atomic E-state index is 11.9. The predicted octanol–water partition coefficient (Wildman–Crippen LogP) is 0.797. The van der Waals surface area contributed by atoms with Gasteiger partial charge in [-0.25, -0.2) is 4.98 Å². The molecule has 1 heterocycles. The number of rotatable bonds is 2. The van der Waals surface area contributed by atoms with E-state index in [0.29, 0.717) is 5.56 Å². The largest absolute Gasteiger partial charge is 0.409 e. The molecule has 2 rings (SSSR count). The number of carbonyl (C=O) groups is 1. The van der Waals surface area contributed by atoms with Gasteiger partial charge in [-0.3, -0.25) is 4.79 Å². The summed E-state index contributed by atoms with van der Waals surface area (Å²) in [5.74, 6) is -0.614. The summed E-state index contributed by atoms with van der Waals surface area (Å²) in [6.07, 6.45) is 2.54. The molecular formula is C10H8N4O2. The van der Waals surface area contributed by atoms with E-state index < -0.39 is 5.78 Å². The molecule has 80 valence electrons. The van der Waals surface area contributed by atoms with Crippen molar-refractivity contribution < 1.29 is 10.0 Å². The SMILES string of the molecule is O=C(/C(=N/O)n1cncn1)c1ccccc1. The van der Waals surface area contributed by atoms with Crippen LogP contribution < -0.4 is 0 Å². The van der Waals surface area contributed by atoms with Gasteiger partial charge in [-0.15, -0.1) is 0 Å². The second kappa shape index (κ2) is 4.35. The van der Waals surface area contributed by atoms with Crippen molar-refractivity contribution in [1.29, 1.82) is 0 Å². The zero-order chi connectivity index (χ0) is 11.4. The minimum Gasteiger partial charge on any atom is -0.409 e. The second-order valence-electron chi connectivity index (χ2n) is 2.96. The van der Waals surface area contributed by atoms with Crippen molar-refractivity contribution in [2.24, 2.45) is 5.16 Å². The standard InChI is InChI=1S/C10H8N4O2/c15-9(8-4-2-1-3-5-8)10(13-16)14-7-11-6-12-14/h1-7,16H/b13-10-. The average Bonchev–Trinajstić information content (AvgIpc) is 2.85. The van der Waals surface area contributed by atoms with E-state index in [1.807, 2.05) is 0 Å². The molecule has 0 saturated carbocycles. The maximum Gasteiger partial charge on any atom is 0.242 e. The van der Waals surface area contributed by atoms with Gasteiger partial charge in [0.15, 0.2) is 0 Å². The quantitative estimate of drug-likeness (QED) is 0.264. The van der Waals surface area contributed by atoms with Crippen LogP contribution in [-0.4, -0.2) is 31.6 Å². The van der Waals surface area contributed by atoms with Gasteiger partial charge in [0, 0.05) is 5.56 Å². The molecule has 1 aromatic carbocycles. The summed E-state index contributed by atoms with van der Waals surface area (Å²) >= 11 is 0. The van der Waals surface area contributed by atoms with E-state index in [2.05, 4.69) is 15.2 Å². The molecule has 0 saturated heterocycles. The van der Waals surface area contributed by atoms with E-state index in [1.165, 1.54) is 12.7 Å². The smallest absolute Gasteiger partial charge is 0.242 e. The van der Waals surface area contributed by atoms with E-state index in [9.17, 15) is 4.79 Å². The number of hydrogen-bond acceptors (Lipinski definition) is 5. The van der Waals surface area contributed by atoms with E-state index in [0.717, 1.165) is 4.68 Å². The number of aromatic nitrogens is 3. The van der Waals surface area contributed by atoms with E-state index in [4.69, 9.17) is 5.21 Å². The van der Waals surface area contributed by atoms with Gasteiger partial charge in [0.05, 0.1) is 0 Å². The van der Waals surface area contributed by atoms with Crippen molar-refractivity contribution in [1.82, 2.24) is 14.8 Å². The third kappa shape index (κ3) is 1.81. The fraction of sp³-hybridized carbons (Fsp3) is 0. The lowest BCUT2D eigenvalue weighted by atomic mass is 10.1. The van der Waals surface area contributed by atoms with Gasteiger partial charge in [0.2, 0.25) is 11.6 Å². The molecule has 0 atom stereocenters. The fourth-order valence-electron chi connectivity index (χ4n) is 1.23. The maximum atomic E-state index is 11.9. The Morgan fingerprint density at radius 2 is 2.06 bits per heavy atom. The normalized spacial score (nSPS) is 11.4. The van der Waals surface area contributed by atoms with Gasteiger partial charge in [-0.1, -0.05) is 35.5 Å². The van der Waals surface area contributed by atoms with Crippen LogP contribution in [0.2, 0.25) is 0 Å². The van der Waals surface area contributed by atoms with Crippen LogP contribution in [0.3, 0.4) is 0 Å². The zero-order valence-electron chi connectivity index (χ0n) is 8.19. The zero-order valence-corrected chi connectivity index (χ0v) is 8.19. The Hall–Kier alpha value is -2.50. The molecule has 1 aromatic heterocycles. The highest BCUT2D eigenvalue weighted by Gasteiger charge is 2.16. The van der Waals surface area contributed by atoms with E-state index in [1.54, 1.807) is 30.3 Å². The number of ketones is 1. The lowest BCUT2D eigenvalue weighted by Crippen LogP contribution is -2.23. The highest BCUT2D eigenvalue weighted by atomic mass is 16.4. The molecule has 2 aromatic rings. The fourth-order valence-corrected chi connectivity index (χ4v) is 1.23. The number of hydrogen-bond donors (Lipinski definition) is 1. The Labute approximate surface area is 90.9 Å². The Morgan fingerprint density at radius 1 is 1.31 bits per heavy atom. The first-order chi connectivity index (χ1) is 7.83. The lowest BCUT2D eigenvalue weighted by molar-refractivity contribution is 0.105. The number of Topliss-reactive ketones (excluding diaryl/α,β-unsaturated/α-hetero) is 1. The third-order valence-corrected chi connectivity index (χ3v) is 1.97. The van der Waals surface area contributed by atoms with Crippen LogP contribution in [0.25, 0.3) is 0 Å². The van der Waals surface area contributed by atoms with Crippen molar-refractivity contribution in [3.8, 4) is 0 Å². The average molecular weight is 216 g/mol.